The van der Waals surface area contributed by atoms with Crippen LogP contribution in [0.5, 0.6) is 0 Å². The zero-order valence-electron chi connectivity index (χ0n) is 10.7. The fraction of sp³-hybridized carbons (Fsp3) is 1.00. The molecule has 0 aromatic rings. The largest absolute Gasteiger partial charge is 0.394 e. The third kappa shape index (κ3) is 3.50. The lowest BCUT2D eigenvalue weighted by atomic mass is 10.4. The highest BCUT2D eigenvalue weighted by atomic mass is 31.2. The van der Waals surface area contributed by atoms with Crippen LogP contribution in [0.4, 0.5) is 0 Å². The van der Waals surface area contributed by atoms with Crippen LogP contribution < -0.4 is 0 Å². The standard InChI is InChI=1S/C10H21O6P/c1-5-13-17(12,14-6-2)9-8(7-11)15-10(3,4)16-9/h8-9,11H,5-7H2,1-4H3/t8-,9-/m0/s1. The number of ether oxygens (including phenoxy) is 2. The molecule has 1 fully saturated rings. The second-order valence-corrected chi connectivity index (χ2v) is 6.23. The van der Waals surface area contributed by atoms with Gasteiger partial charge in [-0.05, 0) is 27.7 Å². The molecule has 1 aliphatic rings. The van der Waals surface area contributed by atoms with E-state index in [0.717, 1.165) is 0 Å². The van der Waals surface area contributed by atoms with E-state index in [2.05, 4.69) is 0 Å². The van der Waals surface area contributed by atoms with Crippen molar-refractivity contribution in [2.45, 2.75) is 45.4 Å². The molecule has 2 atom stereocenters. The normalized spacial score (nSPS) is 28.5. The first-order chi connectivity index (χ1) is 7.88. The first-order valence-corrected chi connectivity index (χ1v) is 7.35. The summed E-state index contributed by atoms with van der Waals surface area (Å²) >= 11 is 0. The molecule has 0 aromatic heterocycles. The SMILES string of the molecule is CCOP(=O)(OCC)[C@@H]1OC(C)(C)O[C@H]1CO. The summed E-state index contributed by atoms with van der Waals surface area (Å²) in [6.45, 7) is 7.03. The van der Waals surface area contributed by atoms with Crippen molar-refractivity contribution >= 4 is 7.60 Å². The molecule has 1 heterocycles. The van der Waals surface area contributed by atoms with E-state index < -0.39 is 25.3 Å². The molecular formula is C10H21O6P. The molecule has 0 radical (unpaired) electrons. The maximum atomic E-state index is 12.5. The maximum Gasteiger partial charge on any atom is 0.362 e. The Kier molecular flexibility index (Phi) is 5.13. The van der Waals surface area contributed by atoms with E-state index in [-0.39, 0.29) is 19.8 Å². The summed E-state index contributed by atoms with van der Waals surface area (Å²) in [5, 5.41) is 9.23. The van der Waals surface area contributed by atoms with Gasteiger partial charge in [-0.2, -0.15) is 0 Å². The Hall–Kier alpha value is 0.0300. The minimum absolute atomic E-state index is 0.246. The molecular weight excluding hydrogens is 247 g/mol. The van der Waals surface area contributed by atoms with Crippen LogP contribution in [-0.2, 0) is 23.1 Å². The number of hydrogen-bond donors (Lipinski definition) is 1. The minimum Gasteiger partial charge on any atom is -0.394 e. The predicted octanol–water partition coefficient (Wildman–Crippen LogP) is 1.72. The Bertz CT molecular complexity index is 283. The highest BCUT2D eigenvalue weighted by Crippen LogP contribution is 2.58. The lowest BCUT2D eigenvalue weighted by Crippen LogP contribution is -2.28. The van der Waals surface area contributed by atoms with Crippen LogP contribution in [0.1, 0.15) is 27.7 Å². The lowest BCUT2D eigenvalue weighted by molar-refractivity contribution is -0.145. The molecule has 1 rings (SSSR count). The van der Waals surface area contributed by atoms with Gasteiger partial charge in [-0.25, -0.2) is 0 Å². The third-order valence-corrected chi connectivity index (χ3v) is 4.56. The molecule has 1 saturated heterocycles. The van der Waals surface area contributed by atoms with E-state index in [4.69, 9.17) is 18.5 Å². The summed E-state index contributed by atoms with van der Waals surface area (Å²) in [6.07, 6.45) is -0.700. The van der Waals surface area contributed by atoms with Crippen molar-refractivity contribution < 1.29 is 28.2 Å². The molecule has 1 N–H and O–H groups in total. The summed E-state index contributed by atoms with van der Waals surface area (Å²) in [7, 11) is -3.43. The zero-order valence-corrected chi connectivity index (χ0v) is 11.6. The van der Waals surface area contributed by atoms with E-state index in [0.29, 0.717) is 0 Å². The Labute approximate surface area is 102 Å². The Morgan fingerprint density at radius 1 is 1.24 bits per heavy atom. The topological polar surface area (TPSA) is 74.2 Å². The molecule has 0 unspecified atom stereocenters. The first-order valence-electron chi connectivity index (χ1n) is 5.73. The molecule has 1 aliphatic heterocycles. The molecule has 6 nitrogen and oxygen atoms in total. The van der Waals surface area contributed by atoms with Crippen molar-refractivity contribution in [1.29, 1.82) is 0 Å². The van der Waals surface area contributed by atoms with Gasteiger partial charge >= 0.3 is 7.60 Å². The average molecular weight is 268 g/mol. The fourth-order valence-corrected chi connectivity index (χ4v) is 3.79. The van der Waals surface area contributed by atoms with Crippen LogP contribution in [0.15, 0.2) is 0 Å². The first kappa shape index (κ1) is 15.1. The summed E-state index contributed by atoms with van der Waals surface area (Å²) in [5.41, 5.74) is 0. The van der Waals surface area contributed by atoms with Crippen LogP contribution in [0.2, 0.25) is 0 Å². The number of hydrogen-bond acceptors (Lipinski definition) is 6. The summed E-state index contributed by atoms with van der Waals surface area (Å²) in [4.78, 5) is 0. The van der Waals surface area contributed by atoms with Gasteiger partial charge in [0.1, 0.15) is 6.10 Å². The van der Waals surface area contributed by atoms with Crippen molar-refractivity contribution in [3.8, 4) is 0 Å². The van der Waals surface area contributed by atoms with Gasteiger partial charge in [0.15, 0.2) is 11.6 Å². The van der Waals surface area contributed by atoms with Crippen LogP contribution in [-0.4, -0.2) is 42.7 Å². The lowest BCUT2D eigenvalue weighted by Gasteiger charge is -2.24. The average Bonchev–Trinajstić information content (AvgIpc) is 2.55. The Morgan fingerprint density at radius 2 is 1.76 bits per heavy atom. The monoisotopic (exact) mass is 268 g/mol. The summed E-state index contributed by atoms with van der Waals surface area (Å²) in [5.74, 6) is -1.79. The van der Waals surface area contributed by atoms with Gasteiger partial charge in [-0.1, -0.05) is 0 Å². The predicted molar refractivity (Wildman–Crippen MR) is 61.8 cm³/mol. The van der Waals surface area contributed by atoms with E-state index in [1.807, 2.05) is 0 Å². The van der Waals surface area contributed by atoms with Crippen molar-refractivity contribution in [2.24, 2.45) is 0 Å². The zero-order chi connectivity index (χ0) is 13.1. The molecule has 0 bridgehead atoms. The van der Waals surface area contributed by atoms with Crippen LogP contribution in [0.3, 0.4) is 0 Å². The molecule has 0 aromatic carbocycles. The van der Waals surface area contributed by atoms with Crippen molar-refractivity contribution in [1.82, 2.24) is 0 Å². The van der Waals surface area contributed by atoms with Gasteiger partial charge in [0.2, 0.25) is 0 Å². The van der Waals surface area contributed by atoms with Crippen molar-refractivity contribution in [3.63, 3.8) is 0 Å². The summed E-state index contributed by atoms with van der Waals surface area (Å²) < 4.78 is 33.9. The van der Waals surface area contributed by atoms with Gasteiger partial charge in [0.25, 0.3) is 0 Å². The second kappa shape index (κ2) is 5.78. The summed E-state index contributed by atoms with van der Waals surface area (Å²) in [6, 6.07) is 0. The molecule has 102 valence electrons. The molecule has 0 amide bonds. The Morgan fingerprint density at radius 3 is 2.18 bits per heavy atom. The molecule has 0 aliphatic carbocycles. The fourth-order valence-electron chi connectivity index (χ4n) is 1.76. The molecule has 0 spiro atoms. The van der Waals surface area contributed by atoms with E-state index in [1.54, 1.807) is 27.7 Å². The quantitative estimate of drug-likeness (QED) is 0.739. The third-order valence-electron chi connectivity index (χ3n) is 2.27. The highest BCUT2D eigenvalue weighted by Gasteiger charge is 2.52. The van der Waals surface area contributed by atoms with E-state index in [9.17, 15) is 9.67 Å². The van der Waals surface area contributed by atoms with Gasteiger partial charge in [0.05, 0.1) is 19.8 Å². The van der Waals surface area contributed by atoms with E-state index >= 15 is 0 Å². The van der Waals surface area contributed by atoms with Gasteiger partial charge in [0, 0.05) is 0 Å². The number of aliphatic hydroxyl groups excluding tert-OH is 1. The molecule has 17 heavy (non-hydrogen) atoms. The second-order valence-electron chi connectivity index (χ2n) is 4.12. The molecule has 7 heteroatoms. The van der Waals surface area contributed by atoms with Gasteiger partial charge in [-0.15, -0.1) is 0 Å². The maximum absolute atomic E-state index is 12.5. The highest BCUT2D eigenvalue weighted by molar-refractivity contribution is 7.54. The number of rotatable bonds is 6. The van der Waals surface area contributed by atoms with Crippen LogP contribution in [0.25, 0.3) is 0 Å². The van der Waals surface area contributed by atoms with Crippen LogP contribution in [0, 0.1) is 0 Å². The molecule has 0 saturated carbocycles. The van der Waals surface area contributed by atoms with Crippen molar-refractivity contribution in [2.75, 3.05) is 19.8 Å². The van der Waals surface area contributed by atoms with Gasteiger partial charge < -0.3 is 23.6 Å². The van der Waals surface area contributed by atoms with Crippen LogP contribution >= 0.6 is 7.60 Å². The van der Waals surface area contributed by atoms with E-state index in [1.165, 1.54) is 0 Å². The number of aliphatic hydroxyl groups is 1. The Balaban J connectivity index is 2.90. The smallest absolute Gasteiger partial charge is 0.362 e. The van der Waals surface area contributed by atoms with Crippen molar-refractivity contribution in [3.05, 3.63) is 0 Å². The minimum atomic E-state index is -3.43. The van der Waals surface area contributed by atoms with Gasteiger partial charge in [-0.3, -0.25) is 4.57 Å².